The smallest absolute Gasteiger partial charge is 0.251 e. The summed E-state index contributed by atoms with van der Waals surface area (Å²) in [5.74, 6) is 2.01. The van der Waals surface area contributed by atoms with Crippen molar-refractivity contribution in [2.75, 3.05) is 27.3 Å². The van der Waals surface area contributed by atoms with E-state index in [0.717, 1.165) is 49.5 Å². The number of hydrogen-bond donors (Lipinski definition) is 1. The molecule has 1 fully saturated rings. The molecule has 0 spiro atoms. The zero-order valence-corrected chi connectivity index (χ0v) is 20.5. The second-order valence-corrected chi connectivity index (χ2v) is 9.11. The lowest BCUT2D eigenvalue weighted by atomic mass is 9.89. The third kappa shape index (κ3) is 6.10. The summed E-state index contributed by atoms with van der Waals surface area (Å²) in [4.78, 5) is 14.8. The molecule has 4 rings (SSSR count). The molecule has 178 valence electrons. The van der Waals surface area contributed by atoms with Crippen molar-refractivity contribution in [1.82, 2.24) is 10.2 Å². The van der Waals surface area contributed by atoms with E-state index in [2.05, 4.69) is 46.6 Å². The van der Waals surface area contributed by atoms with E-state index in [0.29, 0.717) is 23.0 Å². The molecule has 6 heteroatoms. The molecule has 1 aliphatic heterocycles. The van der Waals surface area contributed by atoms with Crippen molar-refractivity contribution in [3.05, 3.63) is 94.0 Å². The highest BCUT2D eigenvalue weighted by Crippen LogP contribution is 2.31. The molecule has 0 aliphatic carbocycles. The zero-order valence-electron chi connectivity index (χ0n) is 19.7. The van der Waals surface area contributed by atoms with Gasteiger partial charge in [-0.3, -0.25) is 9.69 Å². The molecule has 0 unspecified atom stereocenters. The second kappa shape index (κ2) is 11.4. The molecule has 5 nitrogen and oxygen atoms in total. The molecule has 3 aromatic carbocycles. The fourth-order valence-corrected chi connectivity index (χ4v) is 4.58. The van der Waals surface area contributed by atoms with Gasteiger partial charge in [0.15, 0.2) is 11.5 Å². The molecule has 3 aromatic rings. The van der Waals surface area contributed by atoms with Crippen LogP contribution in [-0.2, 0) is 13.1 Å². The van der Waals surface area contributed by atoms with Crippen LogP contribution in [0.1, 0.15) is 45.8 Å². The van der Waals surface area contributed by atoms with E-state index >= 15 is 0 Å². The van der Waals surface area contributed by atoms with Gasteiger partial charge in [-0.2, -0.15) is 0 Å². The second-order valence-electron chi connectivity index (χ2n) is 8.67. The van der Waals surface area contributed by atoms with Crippen molar-refractivity contribution < 1.29 is 14.3 Å². The number of benzene rings is 3. The third-order valence-corrected chi connectivity index (χ3v) is 6.70. The van der Waals surface area contributed by atoms with Crippen LogP contribution in [0.5, 0.6) is 11.5 Å². The van der Waals surface area contributed by atoms with E-state index in [9.17, 15) is 4.79 Å². The van der Waals surface area contributed by atoms with Crippen LogP contribution >= 0.6 is 11.6 Å². The summed E-state index contributed by atoms with van der Waals surface area (Å²) in [5, 5.41) is 3.60. The SMILES string of the molecule is COc1ccc(CN2CCC(c3ccc(CNC(=O)c4ccc(Cl)cc4)cc3)CC2)cc1OC. The summed E-state index contributed by atoms with van der Waals surface area (Å²) in [6, 6.07) is 21.7. The van der Waals surface area contributed by atoms with Crippen molar-refractivity contribution >= 4 is 17.5 Å². The van der Waals surface area contributed by atoms with E-state index in [1.165, 1.54) is 11.1 Å². The average molecular weight is 479 g/mol. The normalized spacial score (nSPS) is 14.6. The van der Waals surface area contributed by atoms with Crippen LogP contribution < -0.4 is 14.8 Å². The Morgan fingerprint density at radius 1 is 0.912 bits per heavy atom. The lowest BCUT2D eigenvalue weighted by molar-refractivity contribution is 0.0951. The summed E-state index contributed by atoms with van der Waals surface area (Å²) in [6.07, 6.45) is 2.28. The molecular formula is C28H31ClN2O3. The van der Waals surface area contributed by atoms with Crippen LogP contribution in [0, 0.1) is 0 Å². The van der Waals surface area contributed by atoms with Gasteiger partial charge < -0.3 is 14.8 Å². The van der Waals surface area contributed by atoms with Crippen molar-refractivity contribution in [1.29, 1.82) is 0 Å². The largest absolute Gasteiger partial charge is 0.493 e. The van der Waals surface area contributed by atoms with Gasteiger partial charge in [0.2, 0.25) is 0 Å². The first-order valence-electron chi connectivity index (χ1n) is 11.6. The average Bonchev–Trinajstić information content (AvgIpc) is 2.88. The molecular weight excluding hydrogens is 448 g/mol. The zero-order chi connectivity index (χ0) is 23.9. The Kier molecular flexibility index (Phi) is 8.09. The molecule has 0 radical (unpaired) electrons. The monoisotopic (exact) mass is 478 g/mol. The molecule has 1 saturated heterocycles. The molecule has 0 aromatic heterocycles. The van der Waals surface area contributed by atoms with Crippen molar-refractivity contribution in [3.63, 3.8) is 0 Å². The Hall–Kier alpha value is -3.02. The van der Waals surface area contributed by atoms with Gasteiger partial charge in [0.05, 0.1) is 14.2 Å². The molecule has 1 aliphatic rings. The van der Waals surface area contributed by atoms with Gasteiger partial charge in [-0.05, 0) is 84.9 Å². The topological polar surface area (TPSA) is 50.8 Å². The maximum absolute atomic E-state index is 12.3. The van der Waals surface area contributed by atoms with Gasteiger partial charge in [0.25, 0.3) is 5.91 Å². The lowest BCUT2D eigenvalue weighted by Crippen LogP contribution is -2.32. The van der Waals surface area contributed by atoms with E-state index in [-0.39, 0.29) is 5.91 Å². The predicted molar refractivity (Wildman–Crippen MR) is 136 cm³/mol. The molecule has 1 N–H and O–H groups in total. The Morgan fingerprint density at radius 3 is 2.21 bits per heavy atom. The molecule has 0 bridgehead atoms. The summed E-state index contributed by atoms with van der Waals surface area (Å²) in [6.45, 7) is 3.56. The quantitative estimate of drug-likeness (QED) is 0.453. The Labute approximate surface area is 206 Å². The van der Waals surface area contributed by atoms with Crippen LogP contribution in [0.15, 0.2) is 66.7 Å². The first kappa shape index (κ1) is 24.1. The number of carbonyl (C=O) groups excluding carboxylic acids is 1. The summed E-state index contributed by atoms with van der Waals surface area (Å²) in [5.41, 5.74) is 4.32. The highest BCUT2D eigenvalue weighted by atomic mass is 35.5. The molecule has 0 atom stereocenters. The minimum atomic E-state index is -0.0948. The summed E-state index contributed by atoms with van der Waals surface area (Å²) < 4.78 is 10.8. The van der Waals surface area contributed by atoms with Crippen molar-refractivity contribution in [3.8, 4) is 11.5 Å². The fourth-order valence-electron chi connectivity index (χ4n) is 4.45. The lowest BCUT2D eigenvalue weighted by Gasteiger charge is -2.32. The van der Waals surface area contributed by atoms with Crippen molar-refractivity contribution in [2.45, 2.75) is 31.8 Å². The molecule has 0 saturated carbocycles. The van der Waals surface area contributed by atoms with Crippen LogP contribution in [0.3, 0.4) is 0 Å². The fraction of sp³-hybridized carbons (Fsp3) is 0.321. The van der Waals surface area contributed by atoms with Gasteiger partial charge >= 0.3 is 0 Å². The number of nitrogens with zero attached hydrogens (tertiary/aromatic N) is 1. The van der Waals surface area contributed by atoms with E-state index in [1.807, 2.05) is 6.07 Å². The maximum atomic E-state index is 12.3. The first-order chi connectivity index (χ1) is 16.6. The number of nitrogens with one attached hydrogen (secondary N) is 1. The van der Waals surface area contributed by atoms with E-state index in [1.54, 1.807) is 38.5 Å². The predicted octanol–water partition coefficient (Wildman–Crippen LogP) is 5.67. The number of ether oxygens (including phenoxy) is 2. The number of rotatable bonds is 8. The number of carbonyl (C=O) groups is 1. The van der Waals surface area contributed by atoms with Gasteiger partial charge in [-0.15, -0.1) is 0 Å². The Balaban J connectivity index is 1.26. The van der Waals surface area contributed by atoms with Gasteiger partial charge in [0, 0.05) is 23.7 Å². The van der Waals surface area contributed by atoms with E-state index in [4.69, 9.17) is 21.1 Å². The number of amides is 1. The van der Waals surface area contributed by atoms with Gasteiger partial charge in [0.1, 0.15) is 0 Å². The standard InChI is InChI=1S/C28H31ClN2O3/c1-33-26-12-5-21(17-27(26)34-2)19-31-15-13-23(14-16-31)22-6-3-20(4-7-22)18-30-28(32)24-8-10-25(29)11-9-24/h3-12,17,23H,13-16,18-19H2,1-2H3,(H,30,32). The number of piperidine rings is 1. The van der Waals surface area contributed by atoms with Gasteiger partial charge in [-0.25, -0.2) is 0 Å². The van der Waals surface area contributed by atoms with Crippen LogP contribution in [-0.4, -0.2) is 38.1 Å². The Morgan fingerprint density at radius 2 is 1.56 bits per heavy atom. The molecule has 34 heavy (non-hydrogen) atoms. The van der Waals surface area contributed by atoms with Crippen LogP contribution in [0.25, 0.3) is 0 Å². The molecule has 1 heterocycles. The van der Waals surface area contributed by atoms with Crippen LogP contribution in [0.4, 0.5) is 0 Å². The number of methoxy groups -OCH3 is 2. The molecule has 1 amide bonds. The minimum Gasteiger partial charge on any atom is -0.493 e. The summed E-state index contributed by atoms with van der Waals surface area (Å²) in [7, 11) is 3.33. The summed E-state index contributed by atoms with van der Waals surface area (Å²) >= 11 is 5.89. The van der Waals surface area contributed by atoms with E-state index < -0.39 is 0 Å². The minimum absolute atomic E-state index is 0.0948. The van der Waals surface area contributed by atoms with Crippen molar-refractivity contribution in [2.24, 2.45) is 0 Å². The number of likely N-dealkylation sites (tertiary alicyclic amines) is 1. The highest BCUT2D eigenvalue weighted by Gasteiger charge is 2.21. The number of halogens is 1. The van der Waals surface area contributed by atoms with Gasteiger partial charge in [-0.1, -0.05) is 41.9 Å². The maximum Gasteiger partial charge on any atom is 0.251 e. The Bertz CT molecular complexity index is 1090. The highest BCUT2D eigenvalue weighted by molar-refractivity contribution is 6.30. The first-order valence-corrected chi connectivity index (χ1v) is 12.0. The third-order valence-electron chi connectivity index (χ3n) is 6.45. The van der Waals surface area contributed by atoms with Crippen LogP contribution in [0.2, 0.25) is 5.02 Å². The number of hydrogen-bond acceptors (Lipinski definition) is 4.